The molecule has 0 fully saturated rings. The maximum absolute atomic E-state index is 6.45. The molecule has 7 aromatic carbocycles. The first kappa shape index (κ1) is 29.5. The normalized spacial score (nSPS) is 12.8. The van der Waals surface area contributed by atoms with Crippen molar-refractivity contribution in [1.82, 2.24) is 15.0 Å². The summed E-state index contributed by atoms with van der Waals surface area (Å²) in [6.45, 7) is 0. The fourth-order valence-corrected chi connectivity index (χ4v) is 6.74. The maximum atomic E-state index is 6.45. The molecule has 1 aromatic heterocycles. The number of nitrogen functional groups attached to an aromatic ring is 1. The molecule has 3 heterocycles. The van der Waals surface area contributed by atoms with Crippen molar-refractivity contribution in [3.8, 4) is 28.7 Å². The molecule has 10 rings (SSSR count). The van der Waals surface area contributed by atoms with E-state index in [0.29, 0.717) is 22.7 Å². The van der Waals surface area contributed by atoms with E-state index in [0.717, 1.165) is 68.2 Å². The molecule has 0 bridgehead atoms. The van der Waals surface area contributed by atoms with E-state index in [1.807, 2.05) is 121 Å². The molecular weight excluding hydrogens is 649 g/mol. The number of anilines is 7. The third-order valence-electron chi connectivity index (χ3n) is 9.12. The smallest absolute Gasteiger partial charge is 0.151 e. The molecule has 248 valence electrons. The van der Waals surface area contributed by atoms with Crippen molar-refractivity contribution in [1.29, 1.82) is 0 Å². The van der Waals surface area contributed by atoms with E-state index in [9.17, 15) is 0 Å². The Labute approximate surface area is 298 Å². The Bertz CT molecular complexity index is 2580. The van der Waals surface area contributed by atoms with Crippen LogP contribution in [0.25, 0.3) is 16.7 Å². The van der Waals surface area contributed by atoms with Crippen LogP contribution < -0.4 is 25.0 Å². The highest BCUT2D eigenvalue weighted by Gasteiger charge is 2.34. The predicted octanol–water partition coefficient (Wildman–Crippen LogP) is 11.6. The van der Waals surface area contributed by atoms with Gasteiger partial charge in [0.25, 0.3) is 0 Å². The van der Waals surface area contributed by atoms with Crippen LogP contribution in [0.2, 0.25) is 0 Å². The number of rotatable bonds is 5. The fourth-order valence-electron chi connectivity index (χ4n) is 6.74. The van der Waals surface area contributed by atoms with E-state index >= 15 is 0 Å². The minimum atomic E-state index is 0.519. The fraction of sp³-hybridized carbons (Fsp3) is 0. The Morgan fingerprint density at radius 3 is 1.31 bits per heavy atom. The van der Waals surface area contributed by atoms with Gasteiger partial charge in [0, 0.05) is 0 Å². The van der Waals surface area contributed by atoms with Gasteiger partial charge in [-0.3, -0.25) is 0 Å². The van der Waals surface area contributed by atoms with E-state index in [2.05, 4.69) is 45.2 Å². The number of aromatic nitrogens is 3. The second-order valence-corrected chi connectivity index (χ2v) is 12.3. The van der Waals surface area contributed by atoms with Gasteiger partial charge in [-0.2, -0.15) is 0 Å². The molecule has 0 spiro atoms. The lowest BCUT2D eigenvalue weighted by Crippen LogP contribution is -2.22. The van der Waals surface area contributed by atoms with Crippen molar-refractivity contribution >= 4 is 62.2 Å². The minimum Gasteiger partial charge on any atom is -0.453 e. The van der Waals surface area contributed by atoms with E-state index in [-0.39, 0.29) is 0 Å². The standard InChI is InChI=1S/C42H28N8O2/c43-27-13-1-2-14-28(27)44-45-31-25-37(48-32-17-5-9-21-39(32)51-40-22-10-6-18-33(40)48)38(26-36(31)50-46-29-15-3-4-16-30(29)47-50)49-34-19-7-11-23-41(34)52-42-24-12-8-20-35(42)49/h1-26H,43H2. The van der Waals surface area contributed by atoms with Crippen molar-refractivity contribution in [3.05, 3.63) is 158 Å². The van der Waals surface area contributed by atoms with E-state index < -0.39 is 0 Å². The first-order valence-corrected chi connectivity index (χ1v) is 16.8. The third-order valence-corrected chi connectivity index (χ3v) is 9.12. The molecule has 2 aliphatic heterocycles. The highest BCUT2D eigenvalue weighted by molar-refractivity contribution is 5.99. The lowest BCUT2D eigenvalue weighted by atomic mass is 10.1. The van der Waals surface area contributed by atoms with Crippen LogP contribution in [0.4, 0.5) is 51.2 Å². The van der Waals surface area contributed by atoms with Crippen molar-refractivity contribution in [2.45, 2.75) is 0 Å². The Kier molecular flexibility index (Phi) is 6.71. The molecule has 2 aliphatic rings. The monoisotopic (exact) mass is 676 g/mol. The maximum Gasteiger partial charge on any atom is 0.151 e. The minimum absolute atomic E-state index is 0.519. The topological polar surface area (TPSA) is 106 Å². The SMILES string of the molecule is Nc1ccccc1N=Nc1cc(N2c3ccccc3Oc3ccccc32)c(N2c3ccccc3Oc3ccccc32)cc1-n1nc2ccccc2n1. The van der Waals surface area contributed by atoms with E-state index in [1.165, 1.54) is 0 Å². The Balaban J connectivity index is 1.31. The molecule has 0 radical (unpaired) electrons. The lowest BCUT2D eigenvalue weighted by Gasteiger charge is -2.38. The van der Waals surface area contributed by atoms with Crippen molar-refractivity contribution in [2.24, 2.45) is 10.2 Å². The second-order valence-electron chi connectivity index (χ2n) is 12.3. The molecule has 8 aromatic rings. The Morgan fingerprint density at radius 1 is 0.404 bits per heavy atom. The second kappa shape index (κ2) is 11.9. The summed E-state index contributed by atoms with van der Waals surface area (Å²) >= 11 is 0. The molecule has 0 aliphatic carbocycles. The van der Waals surface area contributed by atoms with Gasteiger partial charge >= 0.3 is 0 Å². The summed E-state index contributed by atoms with van der Waals surface area (Å²) in [5.74, 6) is 2.89. The van der Waals surface area contributed by atoms with Crippen LogP contribution >= 0.6 is 0 Å². The van der Waals surface area contributed by atoms with Gasteiger partial charge in [-0.15, -0.1) is 25.2 Å². The predicted molar refractivity (Wildman–Crippen MR) is 203 cm³/mol. The number of hydrogen-bond acceptors (Lipinski definition) is 9. The quantitative estimate of drug-likeness (QED) is 0.143. The summed E-state index contributed by atoms with van der Waals surface area (Å²) < 4.78 is 12.9. The van der Waals surface area contributed by atoms with Crippen molar-refractivity contribution < 1.29 is 9.47 Å². The summed E-state index contributed by atoms with van der Waals surface area (Å²) in [6, 6.07) is 51.3. The molecule has 10 heteroatoms. The van der Waals surface area contributed by atoms with Gasteiger partial charge in [0.2, 0.25) is 0 Å². The van der Waals surface area contributed by atoms with Crippen molar-refractivity contribution in [2.75, 3.05) is 15.5 Å². The van der Waals surface area contributed by atoms with Gasteiger partial charge in [-0.05, 0) is 84.9 Å². The Morgan fingerprint density at radius 2 is 0.808 bits per heavy atom. The molecular formula is C42H28N8O2. The van der Waals surface area contributed by atoms with Crippen LogP contribution in [0, 0.1) is 0 Å². The number of nitrogens with zero attached hydrogens (tertiary/aromatic N) is 7. The molecule has 0 amide bonds. The molecule has 52 heavy (non-hydrogen) atoms. The summed E-state index contributed by atoms with van der Waals surface area (Å²) in [5.41, 5.74) is 15.1. The van der Waals surface area contributed by atoms with Crippen LogP contribution in [0.15, 0.2) is 168 Å². The van der Waals surface area contributed by atoms with Gasteiger partial charge in [0.05, 0.1) is 39.8 Å². The number of ether oxygens (including phenoxy) is 2. The number of para-hydroxylation sites is 9. The number of benzene rings is 7. The first-order valence-electron chi connectivity index (χ1n) is 16.8. The van der Waals surface area contributed by atoms with Crippen LogP contribution in [-0.4, -0.2) is 15.0 Å². The van der Waals surface area contributed by atoms with Gasteiger partial charge in [0.1, 0.15) is 28.1 Å². The summed E-state index contributed by atoms with van der Waals surface area (Å²) in [4.78, 5) is 6.05. The summed E-state index contributed by atoms with van der Waals surface area (Å²) in [6.07, 6.45) is 0. The zero-order valence-electron chi connectivity index (χ0n) is 27.5. The van der Waals surface area contributed by atoms with Crippen LogP contribution in [0.1, 0.15) is 0 Å². The summed E-state index contributed by atoms with van der Waals surface area (Å²) in [5, 5.41) is 19.3. The van der Waals surface area contributed by atoms with Crippen LogP contribution in [-0.2, 0) is 0 Å². The Hall–Kier alpha value is -7.46. The first-order chi connectivity index (χ1) is 25.7. The van der Waals surface area contributed by atoms with Gasteiger partial charge in [-0.25, -0.2) is 0 Å². The summed E-state index contributed by atoms with van der Waals surface area (Å²) in [7, 11) is 0. The molecule has 10 nitrogen and oxygen atoms in total. The lowest BCUT2D eigenvalue weighted by molar-refractivity contribution is 0.476. The zero-order valence-corrected chi connectivity index (χ0v) is 27.5. The number of fused-ring (bicyclic) bond motifs is 5. The third kappa shape index (κ3) is 4.81. The molecule has 0 unspecified atom stereocenters. The highest BCUT2D eigenvalue weighted by atomic mass is 16.5. The van der Waals surface area contributed by atoms with Crippen LogP contribution in [0.3, 0.4) is 0 Å². The average molecular weight is 677 g/mol. The van der Waals surface area contributed by atoms with E-state index in [4.69, 9.17) is 30.5 Å². The number of azo groups is 1. The number of nitrogens with two attached hydrogens (primary N) is 1. The van der Waals surface area contributed by atoms with Crippen molar-refractivity contribution in [3.63, 3.8) is 0 Å². The number of hydrogen-bond donors (Lipinski definition) is 1. The van der Waals surface area contributed by atoms with Crippen LogP contribution in [0.5, 0.6) is 23.0 Å². The van der Waals surface area contributed by atoms with E-state index in [1.54, 1.807) is 10.9 Å². The zero-order chi connectivity index (χ0) is 34.6. The molecule has 0 saturated heterocycles. The van der Waals surface area contributed by atoms with Gasteiger partial charge in [0.15, 0.2) is 23.0 Å². The molecule has 0 saturated carbocycles. The molecule has 0 atom stereocenters. The van der Waals surface area contributed by atoms with Gasteiger partial charge in [-0.1, -0.05) is 72.8 Å². The molecule has 2 N–H and O–H groups in total. The average Bonchev–Trinajstić information content (AvgIpc) is 3.63. The highest BCUT2D eigenvalue weighted by Crippen LogP contribution is 2.58. The largest absolute Gasteiger partial charge is 0.453 e. The van der Waals surface area contributed by atoms with Gasteiger partial charge < -0.3 is 25.0 Å².